The predicted molar refractivity (Wildman–Crippen MR) is 98.4 cm³/mol. The van der Waals surface area contributed by atoms with Crippen LogP contribution in [-0.2, 0) is 0 Å². The van der Waals surface area contributed by atoms with Crippen molar-refractivity contribution in [1.82, 2.24) is 14.3 Å². The molecule has 0 spiro atoms. The molecule has 0 bridgehead atoms. The zero-order valence-electron chi connectivity index (χ0n) is 14.7. The molecule has 0 aliphatic carbocycles. The zero-order valence-corrected chi connectivity index (χ0v) is 14.7. The molecular formula is C19H22N4O2. The van der Waals surface area contributed by atoms with Gasteiger partial charge in [-0.3, -0.25) is 4.79 Å². The van der Waals surface area contributed by atoms with E-state index >= 15 is 0 Å². The molecule has 0 aliphatic heterocycles. The Bertz CT molecular complexity index is 886. The predicted octanol–water partition coefficient (Wildman–Crippen LogP) is 2.84. The van der Waals surface area contributed by atoms with Crippen molar-refractivity contribution in [2.45, 2.75) is 6.92 Å². The van der Waals surface area contributed by atoms with E-state index in [-0.39, 0.29) is 5.91 Å². The van der Waals surface area contributed by atoms with Crippen LogP contribution in [0.3, 0.4) is 0 Å². The molecule has 1 aromatic carbocycles. The van der Waals surface area contributed by atoms with E-state index < -0.39 is 0 Å². The number of carbonyl (C=O) groups is 1. The quantitative estimate of drug-likeness (QED) is 0.751. The minimum absolute atomic E-state index is 0.166. The van der Waals surface area contributed by atoms with Crippen molar-refractivity contribution < 1.29 is 9.53 Å². The lowest BCUT2D eigenvalue weighted by Crippen LogP contribution is -2.19. The minimum atomic E-state index is -0.166. The molecule has 2 heterocycles. The Labute approximate surface area is 147 Å². The second-order valence-corrected chi connectivity index (χ2v) is 6.18. The summed E-state index contributed by atoms with van der Waals surface area (Å²) in [4.78, 5) is 18.8. The highest BCUT2D eigenvalue weighted by Crippen LogP contribution is 2.18. The van der Waals surface area contributed by atoms with E-state index in [0.717, 1.165) is 23.6 Å². The monoisotopic (exact) mass is 338 g/mol. The normalized spacial score (nSPS) is 11.0. The number of pyridine rings is 1. The van der Waals surface area contributed by atoms with Gasteiger partial charge in [0.05, 0.1) is 5.56 Å². The number of amides is 1. The van der Waals surface area contributed by atoms with Gasteiger partial charge in [-0.25, -0.2) is 4.98 Å². The Morgan fingerprint density at radius 1 is 1.28 bits per heavy atom. The molecular weight excluding hydrogens is 316 g/mol. The van der Waals surface area contributed by atoms with Gasteiger partial charge in [-0.15, -0.1) is 0 Å². The van der Waals surface area contributed by atoms with Crippen molar-refractivity contribution in [3.8, 4) is 5.75 Å². The van der Waals surface area contributed by atoms with Gasteiger partial charge in [0, 0.05) is 36.4 Å². The molecule has 3 rings (SSSR count). The number of hydrogen-bond acceptors (Lipinski definition) is 4. The maximum Gasteiger partial charge on any atom is 0.257 e. The van der Waals surface area contributed by atoms with Gasteiger partial charge >= 0.3 is 0 Å². The third-order valence-corrected chi connectivity index (χ3v) is 3.85. The molecule has 0 saturated carbocycles. The number of fused-ring (bicyclic) bond motifs is 1. The first kappa shape index (κ1) is 17.0. The number of likely N-dealkylation sites (N-methyl/N-ethyl adjacent to an activating group) is 1. The summed E-state index contributed by atoms with van der Waals surface area (Å²) in [6, 6.07) is 11.0. The molecule has 6 heteroatoms. The zero-order chi connectivity index (χ0) is 17.8. The summed E-state index contributed by atoms with van der Waals surface area (Å²) in [6.07, 6.45) is 3.58. The van der Waals surface area contributed by atoms with Crippen LogP contribution in [-0.4, -0.2) is 47.4 Å². The fraction of sp³-hybridized carbons (Fsp3) is 0.263. The van der Waals surface area contributed by atoms with Crippen LogP contribution in [0.4, 0.5) is 5.69 Å². The number of anilines is 1. The fourth-order valence-electron chi connectivity index (χ4n) is 2.45. The van der Waals surface area contributed by atoms with Gasteiger partial charge in [-0.1, -0.05) is 6.07 Å². The smallest absolute Gasteiger partial charge is 0.257 e. The third kappa shape index (κ3) is 4.16. The molecule has 1 amide bonds. The van der Waals surface area contributed by atoms with Gasteiger partial charge in [0.25, 0.3) is 5.91 Å². The number of ether oxygens (including phenoxy) is 1. The first-order chi connectivity index (χ1) is 12.0. The highest BCUT2D eigenvalue weighted by molar-refractivity contribution is 6.04. The second kappa shape index (κ2) is 7.36. The molecule has 2 aromatic heterocycles. The maximum atomic E-state index is 12.5. The summed E-state index contributed by atoms with van der Waals surface area (Å²) < 4.78 is 7.60. The molecule has 1 N–H and O–H groups in total. The third-order valence-electron chi connectivity index (χ3n) is 3.85. The number of aryl methyl sites for hydroxylation is 1. The van der Waals surface area contributed by atoms with Gasteiger partial charge in [0.1, 0.15) is 18.0 Å². The number of benzene rings is 1. The molecule has 0 fully saturated rings. The summed E-state index contributed by atoms with van der Waals surface area (Å²) in [5.41, 5.74) is 3.09. The Morgan fingerprint density at radius 2 is 2.12 bits per heavy atom. The lowest BCUT2D eigenvalue weighted by molar-refractivity contribution is 0.102. The van der Waals surface area contributed by atoms with Crippen molar-refractivity contribution in [1.29, 1.82) is 0 Å². The summed E-state index contributed by atoms with van der Waals surface area (Å²) in [6.45, 7) is 3.39. The van der Waals surface area contributed by atoms with Crippen LogP contribution in [0.2, 0.25) is 0 Å². The lowest BCUT2D eigenvalue weighted by Gasteiger charge is -2.12. The number of aromatic nitrogens is 2. The summed E-state index contributed by atoms with van der Waals surface area (Å²) in [5, 5.41) is 2.91. The van der Waals surface area contributed by atoms with Crippen LogP contribution < -0.4 is 10.1 Å². The van der Waals surface area contributed by atoms with E-state index in [0.29, 0.717) is 17.9 Å². The molecule has 0 radical (unpaired) electrons. The molecule has 0 atom stereocenters. The number of imidazole rings is 1. The Kier molecular flexibility index (Phi) is 5.00. The number of hydrogen-bond donors (Lipinski definition) is 1. The maximum absolute atomic E-state index is 12.5. The summed E-state index contributed by atoms with van der Waals surface area (Å²) >= 11 is 0. The van der Waals surface area contributed by atoms with E-state index in [2.05, 4.69) is 15.2 Å². The summed E-state index contributed by atoms with van der Waals surface area (Å²) in [5.74, 6) is 0.570. The van der Waals surface area contributed by atoms with Crippen LogP contribution in [0.25, 0.3) is 5.65 Å². The first-order valence-corrected chi connectivity index (χ1v) is 8.15. The molecule has 25 heavy (non-hydrogen) atoms. The SMILES string of the molecule is Cc1cnc2ccc(C(=O)Nc3cccc(OCCN(C)C)c3)cn12. The topological polar surface area (TPSA) is 58.9 Å². The summed E-state index contributed by atoms with van der Waals surface area (Å²) in [7, 11) is 4.00. The number of nitrogens with zero attached hydrogens (tertiary/aromatic N) is 3. The van der Waals surface area contributed by atoms with Crippen molar-refractivity contribution in [2.75, 3.05) is 32.6 Å². The van der Waals surface area contributed by atoms with E-state index in [1.54, 1.807) is 18.5 Å². The van der Waals surface area contributed by atoms with Gasteiger partial charge in [-0.2, -0.15) is 0 Å². The first-order valence-electron chi connectivity index (χ1n) is 8.15. The average Bonchev–Trinajstić information content (AvgIpc) is 2.95. The van der Waals surface area contributed by atoms with Gasteiger partial charge in [-0.05, 0) is 45.3 Å². The lowest BCUT2D eigenvalue weighted by atomic mass is 10.2. The van der Waals surface area contributed by atoms with Crippen molar-refractivity contribution >= 4 is 17.2 Å². The highest BCUT2D eigenvalue weighted by atomic mass is 16.5. The van der Waals surface area contributed by atoms with E-state index in [1.165, 1.54) is 0 Å². The molecule has 6 nitrogen and oxygen atoms in total. The molecule has 0 saturated heterocycles. The second-order valence-electron chi connectivity index (χ2n) is 6.18. The van der Waals surface area contributed by atoms with Crippen molar-refractivity contribution in [3.05, 3.63) is 60.0 Å². The standard InChI is InChI=1S/C19H22N4O2/c1-14-12-20-18-8-7-15(13-23(14)18)19(24)21-16-5-4-6-17(11-16)25-10-9-22(2)3/h4-8,11-13H,9-10H2,1-3H3,(H,21,24). The van der Waals surface area contributed by atoms with Crippen LogP contribution in [0.15, 0.2) is 48.8 Å². The highest BCUT2D eigenvalue weighted by Gasteiger charge is 2.09. The largest absolute Gasteiger partial charge is 0.492 e. The molecule has 3 aromatic rings. The van der Waals surface area contributed by atoms with Crippen LogP contribution in [0, 0.1) is 6.92 Å². The molecule has 130 valence electrons. The Balaban J connectivity index is 1.70. The van der Waals surface area contributed by atoms with E-state index in [9.17, 15) is 4.79 Å². The van der Waals surface area contributed by atoms with E-state index in [1.807, 2.05) is 55.8 Å². The Hall–Kier alpha value is -2.86. The number of rotatable bonds is 6. The van der Waals surface area contributed by atoms with Crippen molar-refractivity contribution in [2.24, 2.45) is 0 Å². The van der Waals surface area contributed by atoms with Crippen LogP contribution >= 0.6 is 0 Å². The number of carbonyl (C=O) groups excluding carboxylic acids is 1. The molecule has 0 aliphatic rings. The van der Waals surface area contributed by atoms with Crippen molar-refractivity contribution in [3.63, 3.8) is 0 Å². The fourth-order valence-corrected chi connectivity index (χ4v) is 2.45. The minimum Gasteiger partial charge on any atom is -0.492 e. The van der Waals surface area contributed by atoms with Gasteiger partial charge in [0.2, 0.25) is 0 Å². The van der Waals surface area contributed by atoms with Crippen LogP contribution in [0.5, 0.6) is 5.75 Å². The average molecular weight is 338 g/mol. The van der Waals surface area contributed by atoms with E-state index in [4.69, 9.17) is 4.74 Å². The van der Waals surface area contributed by atoms with Gasteiger partial charge in [0.15, 0.2) is 0 Å². The number of nitrogens with one attached hydrogen (secondary N) is 1. The van der Waals surface area contributed by atoms with Crippen LogP contribution in [0.1, 0.15) is 16.1 Å². The molecule has 0 unspecified atom stereocenters. The Morgan fingerprint density at radius 3 is 2.92 bits per heavy atom. The van der Waals surface area contributed by atoms with Gasteiger partial charge < -0.3 is 19.4 Å².